The third kappa shape index (κ3) is 4.34. The maximum atomic E-state index is 12.3. The van der Waals surface area contributed by atoms with E-state index >= 15 is 0 Å². The lowest BCUT2D eigenvalue weighted by Crippen LogP contribution is -2.37. The molecule has 3 heterocycles. The lowest BCUT2D eigenvalue weighted by atomic mass is 9.90. The predicted octanol–water partition coefficient (Wildman–Crippen LogP) is 0.703. The molecule has 7 heteroatoms. The molecular formula is C17H28N4O3. The number of nitrogens with zero attached hydrogens (tertiary/aromatic N) is 3. The van der Waals surface area contributed by atoms with E-state index in [4.69, 9.17) is 4.52 Å². The number of amides is 1. The third-order valence-corrected chi connectivity index (χ3v) is 5.15. The van der Waals surface area contributed by atoms with Gasteiger partial charge in [0.1, 0.15) is 0 Å². The Balaban J connectivity index is 1.48. The lowest BCUT2D eigenvalue weighted by Gasteiger charge is -2.28. The van der Waals surface area contributed by atoms with Crippen LogP contribution in [0, 0.1) is 5.41 Å². The van der Waals surface area contributed by atoms with E-state index in [0.717, 1.165) is 45.4 Å². The van der Waals surface area contributed by atoms with Crippen LogP contribution in [0.1, 0.15) is 42.4 Å². The molecule has 2 aliphatic rings. The Hall–Kier alpha value is -1.44. The molecule has 0 radical (unpaired) electrons. The second kappa shape index (κ2) is 7.21. The highest BCUT2D eigenvalue weighted by atomic mass is 16.5. The Morgan fingerprint density at radius 1 is 1.46 bits per heavy atom. The Labute approximate surface area is 143 Å². The molecule has 24 heavy (non-hydrogen) atoms. The van der Waals surface area contributed by atoms with Crippen LogP contribution in [-0.2, 0) is 6.54 Å². The molecule has 2 aliphatic heterocycles. The molecule has 0 bridgehead atoms. The largest absolute Gasteiger partial charge is 0.393 e. The minimum absolute atomic E-state index is 0.131. The smallest absolute Gasteiger partial charge is 0.273 e. The van der Waals surface area contributed by atoms with Crippen molar-refractivity contribution in [2.75, 3.05) is 39.8 Å². The SMILES string of the molecule is CN1CC[C@](C)(CNC(=O)c2cc(CN3CCC(O)CC3)on2)C1. The van der Waals surface area contributed by atoms with E-state index in [1.807, 2.05) is 0 Å². The number of rotatable bonds is 5. The fourth-order valence-corrected chi connectivity index (χ4v) is 3.59. The molecule has 0 aliphatic carbocycles. The van der Waals surface area contributed by atoms with Gasteiger partial charge >= 0.3 is 0 Å². The standard InChI is InChI=1S/C17H28N4O3/c1-17(5-8-20(2)12-17)11-18-16(23)15-9-14(24-19-15)10-21-6-3-13(22)4-7-21/h9,13,22H,3-8,10-12H2,1-2H3,(H,18,23)/t17-/m1/s1. The average Bonchev–Trinajstić information content (AvgIpc) is 3.15. The zero-order valence-electron chi connectivity index (χ0n) is 14.6. The van der Waals surface area contributed by atoms with Gasteiger partial charge in [0, 0.05) is 32.2 Å². The quantitative estimate of drug-likeness (QED) is 0.824. The van der Waals surface area contributed by atoms with Crippen molar-refractivity contribution in [3.63, 3.8) is 0 Å². The first-order valence-electron chi connectivity index (χ1n) is 8.76. The molecule has 2 N–H and O–H groups in total. The first-order chi connectivity index (χ1) is 11.4. The zero-order chi connectivity index (χ0) is 17.2. The van der Waals surface area contributed by atoms with E-state index in [2.05, 4.69) is 34.2 Å². The molecule has 0 aromatic carbocycles. The number of hydrogen-bond acceptors (Lipinski definition) is 6. The van der Waals surface area contributed by atoms with Crippen molar-refractivity contribution in [2.24, 2.45) is 5.41 Å². The van der Waals surface area contributed by atoms with E-state index in [-0.39, 0.29) is 17.4 Å². The van der Waals surface area contributed by atoms with E-state index in [9.17, 15) is 9.90 Å². The molecule has 2 saturated heterocycles. The van der Waals surface area contributed by atoms with Gasteiger partial charge in [-0.05, 0) is 38.3 Å². The van der Waals surface area contributed by atoms with Crippen LogP contribution >= 0.6 is 0 Å². The van der Waals surface area contributed by atoms with E-state index in [1.54, 1.807) is 6.07 Å². The molecule has 1 amide bonds. The number of hydrogen-bond donors (Lipinski definition) is 2. The summed E-state index contributed by atoms with van der Waals surface area (Å²) in [6.45, 7) is 7.25. The van der Waals surface area contributed by atoms with Gasteiger partial charge in [-0.1, -0.05) is 12.1 Å². The van der Waals surface area contributed by atoms with Gasteiger partial charge in [0.2, 0.25) is 0 Å². The van der Waals surface area contributed by atoms with Crippen molar-refractivity contribution in [3.8, 4) is 0 Å². The van der Waals surface area contributed by atoms with Crippen molar-refractivity contribution in [2.45, 2.75) is 38.8 Å². The lowest BCUT2D eigenvalue weighted by molar-refractivity contribution is 0.0748. The minimum atomic E-state index is -0.187. The van der Waals surface area contributed by atoms with Crippen molar-refractivity contribution in [3.05, 3.63) is 17.5 Å². The van der Waals surface area contributed by atoms with Crippen LogP contribution in [0.4, 0.5) is 0 Å². The maximum absolute atomic E-state index is 12.3. The second-order valence-corrected chi connectivity index (χ2v) is 7.67. The first-order valence-corrected chi connectivity index (χ1v) is 8.76. The molecule has 0 unspecified atom stereocenters. The number of likely N-dealkylation sites (tertiary alicyclic amines) is 2. The van der Waals surface area contributed by atoms with Crippen LogP contribution in [0.2, 0.25) is 0 Å². The molecule has 1 aromatic rings. The van der Waals surface area contributed by atoms with Crippen molar-refractivity contribution >= 4 is 5.91 Å². The number of carbonyl (C=O) groups excluding carboxylic acids is 1. The number of aliphatic hydroxyl groups excluding tert-OH is 1. The molecule has 0 spiro atoms. The fourth-order valence-electron chi connectivity index (χ4n) is 3.59. The van der Waals surface area contributed by atoms with Gasteiger partial charge in [0.15, 0.2) is 11.5 Å². The van der Waals surface area contributed by atoms with Gasteiger partial charge < -0.3 is 19.8 Å². The van der Waals surface area contributed by atoms with Crippen LogP contribution in [0.15, 0.2) is 10.6 Å². The van der Waals surface area contributed by atoms with E-state index < -0.39 is 0 Å². The van der Waals surface area contributed by atoms with Crippen LogP contribution in [0.3, 0.4) is 0 Å². The number of aliphatic hydroxyl groups is 1. The van der Waals surface area contributed by atoms with Crippen LogP contribution in [0.25, 0.3) is 0 Å². The maximum Gasteiger partial charge on any atom is 0.273 e. The van der Waals surface area contributed by atoms with E-state index in [0.29, 0.717) is 24.5 Å². The summed E-state index contributed by atoms with van der Waals surface area (Å²) in [5.41, 5.74) is 0.475. The number of nitrogens with one attached hydrogen (secondary N) is 1. The molecular weight excluding hydrogens is 308 g/mol. The van der Waals surface area contributed by atoms with Crippen molar-refractivity contribution < 1.29 is 14.4 Å². The molecule has 1 aromatic heterocycles. The second-order valence-electron chi connectivity index (χ2n) is 7.67. The number of aromatic nitrogens is 1. The van der Waals surface area contributed by atoms with E-state index in [1.165, 1.54) is 0 Å². The Bertz CT molecular complexity index is 568. The normalized spacial score (nSPS) is 26.8. The molecule has 2 fully saturated rings. The zero-order valence-corrected chi connectivity index (χ0v) is 14.6. The van der Waals surface area contributed by atoms with Gasteiger partial charge in [-0.3, -0.25) is 9.69 Å². The minimum Gasteiger partial charge on any atom is -0.393 e. The topological polar surface area (TPSA) is 81.8 Å². The van der Waals surface area contributed by atoms with Crippen LogP contribution in [-0.4, -0.2) is 71.8 Å². The summed E-state index contributed by atoms with van der Waals surface area (Å²) >= 11 is 0. The summed E-state index contributed by atoms with van der Waals surface area (Å²) in [6.07, 6.45) is 2.48. The molecule has 1 atom stereocenters. The fraction of sp³-hybridized carbons (Fsp3) is 0.765. The van der Waals surface area contributed by atoms with Gasteiger partial charge in [-0.15, -0.1) is 0 Å². The van der Waals surface area contributed by atoms with Crippen molar-refractivity contribution in [1.82, 2.24) is 20.3 Å². The van der Waals surface area contributed by atoms with Crippen LogP contribution in [0.5, 0.6) is 0 Å². The predicted molar refractivity (Wildman–Crippen MR) is 89.6 cm³/mol. The summed E-state index contributed by atoms with van der Waals surface area (Å²) in [7, 11) is 2.11. The monoisotopic (exact) mass is 336 g/mol. The summed E-state index contributed by atoms with van der Waals surface area (Å²) < 4.78 is 5.31. The van der Waals surface area contributed by atoms with Gasteiger partial charge in [-0.25, -0.2) is 0 Å². The highest BCUT2D eigenvalue weighted by Crippen LogP contribution is 2.27. The summed E-state index contributed by atoms with van der Waals surface area (Å²) in [5, 5.41) is 16.4. The first kappa shape index (κ1) is 17.4. The Kier molecular flexibility index (Phi) is 5.22. The number of piperidine rings is 1. The summed E-state index contributed by atoms with van der Waals surface area (Å²) in [6, 6.07) is 1.73. The molecule has 3 rings (SSSR count). The Morgan fingerprint density at radius 2 is 2.21 bits per heavy atom. The highest BCUT2D eigenvalue weighted by Gasteiger charge is 2.32. The van der Waals surface area contributed by atoms with Gasteiger partial charge in [-0.2, -0.15) is 0 Å². The highest BCUT2D eigenvalue weighted by molar-refractivity contribution is 5.92. The molecule has 7 nitrogen and oxygen atoms in total. The molecule has 0 saturated carbocycles. The third-order valence-electron chi connectivity index (χ3n) is 5.15. The Morgan fingerprint density at radius 3 is 2.88 bits per heavy atom. The summed E-state index contributed by atoms with van der Waals surface area (Å²) in [4.78, 5) is 16.8. The average molecular weight is 336 g/mol. The number of carbonyl (C=O) groups is 1. The summed E-state index contributed by atoms with van der Waals surface area (Å²) in [5.74, 6) is 0.526. The van der Waals surface area contributed by atoms with Crippen LogP contribution < -0.4 is 5.32 Å². The van der Waals surface area contributed by atoms with Crippen molar-refractivity contribution in [1.29, 1.82) is 0 Å². The van der Waals surface area contributed by atoms with Gasteiger partial charge in [0.05, 0.1) is 12.6 Å². The van der Waals surface area contributed by atoms with Gasteiger partial charge in [0.25, 0.3) is 5.91 Å². The molecule has 134 valence electrons.